The van der Waals surface area contributed by atoms with E-state index < -0.39 is 278 Å². The van der Waals surface area contributed by atoms with E-state index in [1.807, 2.05) is 0 Å². The number of carbonyl (C=O) groups excluding carboxylic acids is 18. The van der Waals surface area contributed by atoms with Gasteiger partial charge in [-0.05, 0) is 190 Å². The third kappa shape index (κ3) is 34.8. The van der Waals surface area contributed by atoms with Crippen molar-refractivity contribution in [3.63, 3.8) is 0 Å². The van der Waals surface area contributed by atoms with E-state index in [2.05, 4.69) is 79.4 Å². The number of carboxylic acid groups (broad SMARTS) is 3. The standard InChI is InChI=1S/C96H144N22O25/c1-52(2)44-65(88(134)114-80(55(7)119)92(138)107-62(27-14-16-38-98)83(129)105-64(33-35-74(99)120)85(131)108-66(46-56-22-9-8-10-23-56)86(132)111-68(45-53(3)4)93(139)118-43-21-32-73(118)95(141)117-42-20-31-72(117)91(137)113-79(54(5)6)96(142)143)110-90(136)71-30-19-41-116(71)94(140)69(48-78(125)126)112-87(133)67(47-57-49-101-59-25-12-11-24-58(57)59)109-84(130)61(26-13-15-37-97)106-89(135)70-29-18-40-115(70)76(122)51-102-75(121)50-103-81(127)63(34-36-77(123)124)104-82(128)60-28-17-39-100-60/h8-12,22-25,49,52-55,60-73,79-80,100-101,119H,13-21,26-48,50-51,97-98H2,1-7H3,(H2,99,120)(H,102,121)(H,103,127)(H,104,128)(H,105,129)(H,106,135)(H,107,138)(H,108,131)(H,109,130)(H,110,136)(H,111,132)(H,112,133)(H,113,137)(H,114,134)(H,123,124)(H,125,126)(H,142,143)/t55-,60+,61+,62+,63+,64+,65+,66+,67+,68+,69+,70+,71+,72+,73+,79+,80+/m1/s1. The molecule has 5 aliphatic heterocycles. The Bertz CT molecular complexity index is 4970. The zero-order valence-electron chi connectivity index (χ0n) is 82.2. The second-order valence-electron chi connectivity index (χ2n) is 38.4. The quantitative estimate of drug-likeness (QED) is 0.0242. The molecule has 143 heavy (non-hydrogen) atoms. The van der Waals surface area contributed by atoms with Gasteiger partial charge in [0.05, 0.1) is 31.7 Å². The Morgan fingerprint density at radius 2 is 0.881 bits per heavy atom. The van der Waals surface area contributed by atoms with E-state index in [1.54, 1.807) is 102 Å². The first-order valence-corrected chi connectivity index (χ1v) is 49.4. The highest BCUT2D eigenvalue weighted by Gasteiger charge is 2.48. The molecular weight excluding hydrogens is 1860 g/mol. The molecule has 3 aromatic rings. The first-order valence-electron chi connectivity index (χ1n) is 49.4. The van der Waals surface area contributed by atoms with Gasteiger partial charge in [0.1, 0.15) is 90.6 Å². The molecule has 5 aliphatic rings. The first kappa shape index (κ1) is 115. The van der Waals surface area contributed by atoms with Gasteiger partial charge in [-0.2, -0.15) is 0 Å². The number of carbonyl (C=O) groups is 21. The molecule has 0 radical (unpaired) electrons. The smallest absolute Gasteiger partial charge is 0.326 e. The fraction of sp³-hybridized carbons (Fsp3) is 0.635. The van der Waals surface area contributed by atoms with Gasteiger partial charge in [0.25, 0.3) is 0 Å². The Balaban J connectivity index is 0.940. The SMILES string of the molecule is CC(C)C[C@H](NC(=O)[C@@H]1CCCN1C(=O)[C@H](CC(=O)O)NC(=O)[C@H](Cc1c[nH]c2ccccc12)NC(=O)[C@H](CCCCN)NC(=O)[C@@H]1CCCN1C(=O)CNC(=O)CNC(=O)[C@H](CCC(=O)O)NC(=O)[C@@H]1CCCN1)C(=O)N[C@H](C(=O)N[C@@H](CCCCN)C(=O)N[C@@H](CCC(N)=O)C(=O)N[C@@H](Cc1ccccc1)C(=O)N[C@@H](CC(C)C)C(=O)N1CCC[C@H]1C(=O)N1CCC[C@H]1C(=O)N[C@H](C(=O)O)C(C)C)[C@@H](C)O. The minimum atomic E-state index is -1.94. The molecule has 6 heterocycles. The molecule has 0 aliphatic carbocycles. The van der Waals surface area contributed by atoms with E-state index in [0.717, 1.165) is 11.8 Å². The molecule has 2 aromatic carbocycles. The highest BCUT2D eigenvalue weighted by molar-refractivity contribution is 6.03. The lowest BCUT2D eigenvalue weighted by Gasteiger charge is -2.34. The van der Waals surface area contributed by atoms with Crippen LogP contribution in [-0.2, 0) is 114 Å². The Morgan fingerprint density at radius 3 is 1.44 bits per heavy atom. The molecular formula is C96H144N22O25. The molecule has 47 nitrogen and oxygen atoms in total. The van der Waals surface area contributed by atoms with Crippen molar-refractivity contribution >= 4 is 135 Å². The molecule has 0 unspecified atom stereocenters. The number of aromatic nitrogens is 1. The first-order chi connectivity index (χ1) is 68.0. The van der Waals surface area contributed by atoms with E-state index in [9.17, 15) is 112 Å². The summed E-state index contributed by atoms with van der Waals surface area (Å²) in [6.07, 6.45) is 0.153. The third-order valence-corrected chi connectivity index (χ3v) is 26.0. The van der Waals surface area contributed by atoms with Crippen molar-refractivity contribution < 1.29 is 121 Å². The van der Waals surface area contributed by atoms with Crippen molar-refractivity contribution in [1.82, 2.24) is 99.0 Å². The Labute approximate surface area is 829 Å². The van der Waals surface area contributed by atoms with Gasteiger partial charge in [-0.1, -0.05) is 90.1 Å². The number of rotatable bonds is 57. The number of carboxylic acids is 3. The zero-order chi connectivity index (χ0) is 105. The van der Waals surface area contributed by atoms with Crippen LogP contribution in [0.3, 0.4) is 0 Å². The molecule has 25 N–H and O–H groups in total. The van der Waals surface area contributed by atoms with E-state index in [4.69, 9.17) is 17.2 Å². The van der Waals surface area contributed by atoms with Gasteiger partial charge in [-0.15, -0.1) is 0 Å². The van der Waals surface area contributed by atoms with Gasteiger partial charge in [0.2, 0.25) is 106 Å². The summed E-state index contributed by atoms with van der Waals surface area (Å²) < 4.78 is 0. The summed E-state index contributed by atoms with van der Waals surface area (Å²) in [5.41, 5.74) is 19.0. The largest absolute Gasteiger partial charge is 0.481 e. The number of nitrogens with one attached hydrogen (secondary N) is 15. The third-order valence-electron chi connectivity index (χ3n) is 26.0. The number of nitrogens with two attached hydrogens (primary N) is 3. The molecule has 1 aromatic heterocycles. The van der Waals surface area contributed by atoms with Gasteiger partial charge < -0.3 is 137 Å². The van der Waals surface area contributed by atoms with Crippen LogP contribution in [0.1, 0.15) is 207 Å². The summed E-state index contributed by atoms with van der Waals surface area (Å²) in [5, 5.41) is 78.1. The number of benzene rings is 2. The van der Waals surface area contributed by atoms with Crippen molar-refractivity contribution in [3.05, 3.63) is 71.9 Å². The molecule has 47 heteroatoms. The van der Waals surface area contributed by atoms with Crippen LogP contribution < -0.4 is 91.6 Å². The van der Waals surface area contributed by atoms with Crippen LogP contribution >= 0.6 is 0 Å². The maximum Gasteiger partial charge on any atom is 0.326 e. The Kier molecular flexibility index (Phi) is 45.4. The van der Waals surface area contributed by atoms with Gasteiger partial charge in [0, 0.05) is 69.0 Å². The highest BCUT2D eigenvalue weighted by Crippen LogP contribution is 2.30. The monoisotopic (exact) mass is 2010 g/mol. The van der Waals surface area contributed by atoms with Crippen molar-refractivity contribution in [2.45, 2.75) is 312 Å². The fourth-order valence-corrected chi connectivity index (χ4v) is 18.4. The number of primary amides is 1. The predicted octanol–water partition coefficient (Wildman–Crippen LogP) is -3.69. The molecule has 18 amide bonds. The van der Waals surface area contributed by atoms with E-state index in [0.29, 0.717) is 67.1 Å². The van der Waals surface area contributed by atoms with Gasteiger partial charge in [0.15, 0.2) is 0 Å². The van der Waals surface area contributed by atoms with Gasteiger partial charge in [-0.25, -0.2) is 4.79 Å². The number of fused-ring (bicyclic) bond motifs is 1. The highest BCUT2D eigenvalue weighted by atomic mass is 16.4. The summed E-state index contributed by atoms with van der Waals surface area (Å²) in [7, 11) is 0. The lowest BCUT2D eigenvalue weighted by atomic mass is 9.99. The van der Waals surface area contributed by atoms with Crippen LogP contribution in [0.15, 0.2) is 60.8 Å². The van der Waals surface area contributed by atoms with E-state index in [-0.39, 0.29) is 141 Å². The molecule has 5 fully saturated rings. The summed E-state index contributed by atoms with van der Waals surface area (Å²) in [4.78, 5) is 301. The van der Waals surface area contributed by atoms with E-state index in [1.165, 1.54) is 14.7 Å². The number of likely N-dealkylation sites (tertiary alicyclic amines) is 4. The van der Waals surface area contributed by atoms with Crippen LogP contribution in [-0.4, -0.2) is 331 Å². The molecule has 0 saturated carbocycles. The maximum absolute atomic E-state index is 15.1. The summed E-state index contributed by atoms with van der Waals surface area (Å²) >= 11 is 0. The lowest BCUT2D eigenvalue weighted by molar-refractivity contribution is -0.149. The van der Waals surface area contributed by atoms with Gasteiger partial charge in [-0.3, -0.25) is 95.9 Å². The lowest BCUT2D eigenvalue weighted by Crippen LogP contribution is -2.62. The number of aliphatic carboxylic acids is 3. The topological polar surface area (TPSA) is 715 Å². The van der Waals surface area contributed by atoms with Crippen LogP contribution in [0.25, 0.3) is 10.9 Å². The minimum absolute atomic E-state index is 0.0431. The second-order valence-corrected chi connectivity index (χ2v) is 38.4. The fourth-order valence-electron chi connectivity index (χ4n) is 18.4. The molecule has 5 saturated heterocycles. The number of aromatic amines is 1. The molecule has 0 spiro atoms. The summed E-state index contributed by atoms with van der Waals surface area (Å²) in [6.45, 7) is 11.1. The van der Waals surface area contributed by atoms with Crippen molar-refractivity contribution in [1.29, 1.82) is 0 Å². The molecule has 8 rings (SSSR count). The number of aliphatic hydroxyl groups excluding tert-OH is 1. The van der Waals surface area contributed by atoms with Crippen LogP contribution in [0.5, 0.6) is 0 Å². The number of nitrogens with zero attached hydrogens (tertiary/aromatic N) is 4. The number of aliphatic hydroxyl groups is 1. The predicted molar refractivity (Wildman–Crippen MR) is 516 cm³/mol. The van der Waals surface area contributed by atoms with E-state index >= 15 is 9.59 Å². The molecule has 17 atom stereocenters. The van der Waals surface area contributed by atoms with Crippen molar-refractivity contribution in [3.8, 4) is 0 Å². The maximum atomic E-state index is 15.1. The number of hydrogen-bond donors (Lipinski definition) is 22. The average Bonchev–Trinajstić information content (AvgIpc) is 1.68. The Hall–Kier alpha value is -13.3. The number of unbranched alkanes of at least 4 members (excludes halogenated alkanes) is 2. The molecule has 788 valence electrons. The normalized spacial score (nSPS) is 19.2. The summed E-state index contributed by atoms with van der Waals surface area (Å²) in [5.74, 6) is -20.8. The Morgan fingerprint density at radius 1 is 0.420 bits per heavy atom. The van der Waals surface area contributed by atoms with Crippen LogP contribution in [0.2, 0.25) is 0 Å². The van der Waals surface area contributed by atoms with Crippen LogP contribution in [0, 0.1) is 17.8 Å². The van der Waals surface area contributed by atoms with Crippen molar-refractivity contribution in [2.75, 3.05) is 58.9 Å². The zero-order valence-corrected chi connectivity index (χ0v) is 82.2. The number of para-hydroxylation sites is 1. The van der Waals surface area contributed by atoms with Crippen molar-refractivity contribution in [2.24, 2.45) is 35.0 Å². The van der Waals surface area contributed by atoms with Crippen LogP contribution in [0.4, 0.5) is 0 Å². The average molecular weight is 2010 g/mol. The van der Waals surface area contributed by atoms with Gasteiger partial charge >= 0.3 is 17.9 Å². The number of amides is 18. The minimum Gasteiger partial charge on any atom is -0.481 e. The second kappa shape index (κ2) is 56.5. The summed E-state index contributed by atoms with van der Waals surface area (Å²) in [6, 6.07) is -7.03. The number of hydrogen-bond acceptors (Lipinski definition) is 25. The number of H-pyrrole nitrogens is 1. The molecule has 0 bridgehead atoms.